The van der Waals surface area contributed by atoms with Crippen molar-refractivity contribution in [3.63, 3.8) is 0 Å². The highest BCUT2D eigenvalue weighted by molar-refractivity contribution is 14.1. The summed E-state index contributed by atoms with van der Waals surface area (Å²) in [4.78, 5) is 15.1. The van der Waals surface area contributed by atoms with Crippen molar-refractivity contribution in [2.75, 3.05) is 7.11 Å². The average Bonchev–Trinajstić information content (AvgIpc) is 2.19. The molecule has 1 heterocycles. The van der Waals surface area contributed by atoms with Gasteiger partial charge in [-0.25, -0.2) is 18.6 Å². The first kappa shape index (κ1) is 12.3. The molecule has 0 saturated carbocycles. The third kappa shape index (κ3) is 2.42. The largest absolute Gasteiger partial charge is 0.465 e. The van der Waals surface area contributed by atoms with E-state index in [0.29, 0.717) is 5.56 Å². The third-order valence-corrected chi connectivity index (χ3v) is 2.72. The second-order valence-corrected chi connectivity index (χ2v) is 3.83. The zero-order valence-corrected chi connectivity index (χ0v) is 10.2. The summed E-state index contributed by atoms with van der Waals surface area (Å²) in [5.74, 6) is -0.761. The lowest BCUT2D eigenvalue weighted by molar-refractivity contribution is 0.0587. The average molecular weight is 327 g/mol. The Balaban J connectivity index is 3.45. The lowest BCUT2D eigenvalue weighted by Gasteiger charge is -2.10. The number of alkyl halides is 2. The molecule has 0 aliphatic heterocycles. The molecule has 0 unspecified atom stereocenters. The van der Waals surface area contributed by atoms with Crippen LogP contribution in [0.15, 0.2) is 6.20 Å². The van der Waals surface area contributed by atoms with E-state index in [1.807, 2.05) is 0 Å². The normalized spacial score (nSPS) is 10.5. The molecular weight excluding hydrogens is 319 g/mol. The second-order valence-electron chi connectivity index (χ2n) is 2.81. The van der Waals surface area contributed by atoms with Gasteiger partial charge in [-0.05, 0) is 35.1 Å². The monoisotopic (exact) mass is 327 g/mol. The highest BCUT2D eigenvalue weighted by Crippen LogP contribution is 2.29. The number of aryl methyl sites for hydroxylation is 1. The van der Waals surface area contributed by atoms with E-state index >= 15 is 0 Å². The van der Waals surface area contributed by atoms with Gasteiger partial charge in [0.2, 0.25) is 0 Å². The second kappa shape index (κ2) is 4.82. The van der Waals surface area contributed by atoms with Gasteiger partial charge >= 0.3 is 5.97 Å². The molecule has 15 heavy (non-hydrogen) atoms. The summed E-state index contributed by atoms with van der Waals surface area (Å²) in [5.41, 5.74) is -0.0630. The van der Waals surface area contributed by atoms with Gasteiger partial charge in [-0.3, -0.25) is 0 Å². The summed E-state index contributed by atoms with van der Waals surface area (Å²) < 4.78 is 30.0. The lowest BCUT2D eigenvalue weighted by atomic mass is 10.1. The quantitative estimate of drug-likeness (QED) is 0.476. The van der Waals surface area contributed by atoms with E-state index in [2.05, 4.69) is 9.72 Å². The van der Waals surface area contributed by atoms with Crippen LogP contribution in [0.2, 0.25) is 0 Å². The van der Waals surface area contributed by atoms with Gasteiger partial charge in [-0.15, -0.1) is 0 Å². The van der Waals surface area contributed by atoms with Gasteiger partial charge in [0.1, 0.15) is 3.70 Å². The number of aromatic nitrogens is 1. The van der Waals surface area contributed by atoms with E-state index in [9.17, 15) is 13.6 Å². The summed E-state index contributed by atoms with van der Waals surface area (Å²) in [6.45, 7) is 1.54. The predicted octanol–water partition coefficient (Wildman–Crippen LogP) is 2.72. The molecular formula is C9H8F2INO2. The van der Waals surface area contributed by atoms with E-state index in [4.69, 9.17) is 0 Å². The smallest absolute Gasteiger partial charge is 0.338 e. The van der Waals surface area contributed by atoms with Crippen LogP contribution in [0.1, 0.15) is 27.9 Å². The molecule has 0 saturated heterocycles. The van der Waals surface area contributed by atoms with Crippen LogP contribution in [0.4, 0.5) is 8.78 Å². The van der Waals surface area contributed by atoms with Crippen molar-refractivity contribution in [1.29, 1.82) is 0 Å². The molecule has 0 aliphatic rings. The van der Waals surface area contributed by atoms with Crippen molar-refractivity contribution in [2.45, 2.75) is 13.3 Å². The Hall–Kier alpha value is -0.790. The van der Waals surface area contributed by atoms with Crippen molar-refractivity contribution < 1.29 is 18.3 Å². The van der Waals surface area contributed by atoms with E-state index in [-0.39, 0.29) is 14.8 Å². The number of hydrogen-bond acceptors (Lipinski definition) is 3. The van der Waals surface area contributed by atoms with Crippen LogP contribution in [0.3, 0.4) is 0 Å². The fourth-order valence-corrected chi connectivity index (χ4v) is 1.82. The topological polar surface area (TPSA) is 39.2 Å². The van der Waals surface area contributed by atoms with Gasteiger partial charge in [0, 0.05) is 6.20 Å². The molecule has 1 aromatic rings. The van der Waals surface area contributed by atoms with Gasteiger partial charge in [0.15, 0.2) is 0 Å². The number of methoxy groups -OCH3 is 1. The zero-order valence-electron chi connectivity index (χ0n) is 8.05. The number of pyridine rings is 1. The first-order valence-corrected chi connectivity index (χ1v) is 5.08. The highest BCUT2D eigenvalue weighted by atomic mass is 127. The molecule has 0 radical (unpaired) electrons. The first-order chi connectivity index (χ1) is 6.99. The number of esters is 1. The number of ether oxygens (including phenoxy) is 1. The van der Waals surface area contributed by atoms with E-state index in [0.717, 1.165) is 7.11 Å². The Morgan fingerprint density at radius 1 is 1.60 bits per heavy atom. The molecule has 0 N–H and O–H groups in total. The predicted molar refractivity (Wildman–Crippen MR) is 58.0 cm³/mol. The van der Waals surface area contributed by atoms with Crippen LogP contribution in [0, 0.1) is 10.6 Å². The SMILES string of the molecule is COC(=O)c1c(C)cnc(I)c1C(F)F. The van der Waals surface area contributed by atoms with Crippen molar-refractivity contribution in [1.82, 2.24) is 4.98 Å². The number of hydrogen-bond donors (Lipinski definition) is 0. The summed E-state index contributed by atoms with van der Waals surface area (Å²) in [5, 5.41) is 0. The molecule has 6 heteroatoms. The molecule has 0 amide bonds. The Bertz CT molecular complexity index is 396. The Morgan fingerprint density at radius 3 is 2.67 bits per heavy atom. The van der Waals surface area contributed by atoms with Crippen LogP contribution in [0.25, 0.3) is 0 Å². The number of nitrogens with zero attached hydrogens (tertiary/aromatic N) is 1. The maximum Gasteiger partial charge on any atom is 0.338 e. The van der Waals surface area contributed by atoms with E-state index in [1.54, 1.807) is 29.5 Å². The Kier molecular flexibility index (Phi) is 3.95. The lowest BCUT2D eigenvalue weighted by Crippen LogP contribution is -2.11. The minimum absolute atomic E-state index is 0.0908. The van der Waals surface area contributed by atoms with Crippen LogP contribution < -0.4 is 0 Å². The molecule has 0 bridgehead atoms. The number of carbonyl (C=O) groups is 1. The van der Waals surface area contributed by atoms with Gasteiger partial charge in [0.05, 0.1) is 18.2 Å². The van der Waals surface area contributed by atoms with E-state index in [1.165, 1.54) is 6.20 Å². The summed E-state index contributed by atoms with van der Waals surface area (Å²) in [6.07, 6.45) is -1.36. The fraction of sp³-hybridized carbons (Fsp3) is 0.333. The molecule has 1 rings (SSSR count). The third-order valence-electron chi connectivity index (χ3n) is 1.87. The Labute approximate surface area is 99.0 Å². The molecule has 1 aromatic heterocycles. The minimum Gasteiger partial charge on any atom is -0.465 e. The van der Waals surface area contributed by atoms with Gasteiger partial charge in [-0.1, -0.05) is 0 Å². The first-order valence-electron chi connectivity index (χ1n) is 4.00. The Morgan fingerprint density at radius 2 is 2.20 bits per heavy atom. The molecule has 0 atom stereocenters. The van der Waals surface area contributed by atoms with Crippen LogP contribution in [-0.2, 0) is 4.74 Å². The molecule has 82 valence electrons. The van der Waals surface area contributed by atoms with Crippen LogP contribution >= 0.6 is 22.6 Å². The molecule has 0 aromatic carbocycles. The van der Waals surface area contributed by atoms with Gasteiger partial charge < -0.3 is 4.74 Å². The van der Waals surface area contributed by atoms with Crippen molar-refractivity contribution >= 4 is 28.6 Å². The van der Waals surface area contributed by atoms with Gasteiger partial charge in [0.25, 0.3) is 6.43 Å². The fourth-order valence-electron chi connectivity index (χ4n) is 1.18. The van der Waals surface area contributed by atoms with Crippen LogP contribution in [0.5, 0.6) is 0 Å². The molecule has 0 aliphatic carbocycles. The highest BCUT2D eigenvalue weighted by Gasteiger charge is 2.24. The number of rotatable bonds is 2. The molecule has 3 nitrogen and oxygen atoms in total. The molecule has 0 fully saturated rings. The van der Waals surface area contributed by atoms with Gasteiger partial charge in [-0.2, -0.15) is 0 Å². The van der Waals surface area contributed by atoms with Crippen LogP contribution in [-0.4, -0.2) is 18.1 Å². The summed E-state index contributed by atoms with van der Waals surface area (Å²) in [7, 11) is 1.16. The summed E-state index contributed by atoms with van der Waals surface area (Å²) in [6, 6.07) is 0. The summed E-state index contributed by atoms with van der Waals surface area (Å²) >= 11 is 1.67. The maximum absolute atomic E-state index is 12.7. The standard InChI is InChI=1S/C9H8F2INO2/c1-4-3-13-8(12)6(7(10)11)5(4)9(14)15-2/h3,7H,1-2H3. The minimum atomic E-state index is -2.74. The zero-order chi connectivity index (χ0) is 11.6. The number of halogens is 3. The van der Waals surface area contributed by atoms with E-state index < -0.39 is 12.4 Å². The van der Waals surface area contributed by atoms with Crippen molar-refractivity contribution in [3.05, 3.63) is 26.6 Å². The maximum atomic E-state index is 12.7. The van der Waals surface area contributed by atoms with Crippen molar-refractivity contribution in [3.8, 4) is 0 Å². The molecule has 0 spiro atoms. The van der Waals surface area contributed by atoms with Crippen molar-refractivity contribution in [2.24, 2.45) is 0 Å². The number of carbonyl (C=O) groups excluding carboxylic acids is 1.